The van der Waals surface area contributed by atoms with E-state index < -0.39 is 0 Å². The Morgan fingerprint density at radius 3 is 2.60 bits per heavy atom. The lowest BCUT2D eigenvalue weighted by molar-refractivity contribution is 0.413. The van der Waals surface area contributed by atoms with Crippen molar-refractivity contribution in [3.63, 3.8) is 0 Å². The Hall–Kier alpha value is -4.34. The molecule has 4 heterocycles. The fraction of sp³-hybridized carbons (Fsp3) is 0.240. The van der Waals surface area contributed by atoms with Gasteiger partial charge in [0.05, 0.1) is 43.1 Å². The number of fused-ring (bicyclic) bond motifs is 1. The lowest BCUT2D eigenvalue weighted by Gasteiger charge is -2.25. The van der Waals surface area contributed by atoms with Gasteiger partial charge >= 0.3 is 0 Å². The van der Waals surface area contributed by atoms with Gasteiger partial charge in [-0.25, -0.2) is 14.4 Å². The second-order valence-electron chi connectivity index (χ2n) is 8.21. The highest BCUT2D eigenvalue weighted by atomic mass is 19.1. The van der Waals surface area contributed by atoms with E-state index in [4.69, 9.17) is 14.7 Å². The predicted octanol–water partition coefficient (Wildman–Crippen LogP) is 4.21. The van der Waals surface area contributed by atoms with E-state index >= 15 is 4.39 Å². The lowest BCUT2D eigenvalue weighted by atomic mass is 10.1. The second kappa shape index (κ2) is 9.13. The van der Waals surface area contributed by atoms with E-state index in [1.54, 1.807) is 45.9 Å². The number of benzene rings is 1. The highest BCUT2D eigenvalue weighted by Gasteiger charge is 2.21. The molecule has 0 N–H and O–H groups in total. The van der Waals surface area contributed by atoms with Crippen LogP contribution in [0.15, 0.2) is 55.1 Å². The summed E-state index contributed by atoms with van der Waals surface area (Å²) in [5, 5.41) is 8.70. The summed E-state index contributed by atoms with van der Waals surface area (Å²) in [5.74, 6) is 0.778. The van der Waals surface area contributed by atoms with Crippen LogP contribution < -0.4 is 9.64 Å². The number of hydrogen-bond donors (Lipinski definition) is 0. The van der Waals surface area contributed by atoms with Crippen LogP contribution in [-0.4, -0.2) is 41.6 Å². The number of aromatic nitrogens is 7. The van der Waals surface area contributed by atoms with Gasteiger partial charge in [0.25, 0.3) is 0 Å². The molecule has 10 heteroatoms. The molecule has 1 aromatic carbocycles. The molecule has 4 aromatic heterocycles. The Kier molecular flexibility index (Phi) is 5.86. The van der Waals surface area contributed by atoms with Crippen molar-refractivity contribution in [1.29, 1.82) is 0 Å². The number of pyridine rings is 1. The van der Waals surface area contributed by atoms with Crippen LogP contribution in [0.1, 0.15) is 18.2 Å². The number of anilines is 2. The van der Waals surface area contributed by atoms with Crippen LogP contribution in [0.2, 0.25) is 0 Å². The molecule has 0 amide bonds. The first kappa shape index (κ1) is 22.5. The van der Waals surface area contributed by atoms with E-state index in [0.717, 1.165) is 11.3 Å². The summed E-state index contributed by atoms with van der Waals surface area (Å²) >= 11 is 0. The molecule has 5 rings (SSSR count). The highest BCUT2D eigenvalue weighted by Crippen LogP contribution is 2.34. The van der Waals surface area contributed by atoms with Gasteiger partial charge in [0.15, 0.2) is 5.65 Å². The average Bonchev–Trinajstić information content (AvgIpc) is 3.50. The normalized spacial score (nSPS) is 11.2. The minimum Gasteiger partial charge on any atom is -0.497 e. The van der Waals surface area contributed by atoms with E-state index in [1.807, 2.05) is 51.6 Å². The van der Waals surface area contributed by atoms with Crippen LogP contribution in [0.25, 0.3) is 22.4 Å². The van der Waals surface area contributed by atoms with E-state index in [1.165, 1.54) is 0 Å². The summed E-state index contributed by atoms with van der Waals surface area (Å²) in [6, 6.07) is 8.95. The van der Waals surface area contributed by atoms with Gasteiger partial charge in [-0.05, 0) is 36.2 Å². The smallest absolute Gasteiger partial charge is 0.180 e. The third-order valence-corrected chi connectivity index (χ3v) is 5.77. The van der Waals surface area contributed by atoms with Crippen molar-refractivity contribution < 1.29 is 9.13 Å². The number of methoxy groups -OCH3 is 1. The topological polar surface area (TPSA) is 86.8 Å². The molecule has 35 heavy (non-hydrogen) atoms. The number of hydrogen-bond acceptors (Lipinski definition) is 7. The standard InChI is InChI=1S/C25H25FN8O/c1-5-16-10-19(35-4)11-22(24(16)26)34(15-18-8-9-32(2)31-18)23-7-6-20-25(30-23)29-21(13-27-20)17-12-28-33(3)14-17/h6-14H,5,15H2,1-4H3. The van der Waals surface area contributed by atoms with E-state index in [0.29, 0.717) is 52.6 Å². The molecule has 0 radical (unpaired) electrons. The highest BCUT2D eigenvalue weighted by molar-refractivity contribution is 5.77. The first-order valence-electron chi connectivity index (χ1n) is 11.2. The Labute approximate surface area is 201 Å². The summed E-state index contributed by atoms with van der Waals surface area (Å²) in [5.41, 5.74) is 4.27. The van der Waals surface area contributed by atoms with Crippen molar-refractivity contribution in [3.8, 4) is 17.0 Å². The van der Waals surface area contributed by atoms with Crippen molar-refractivity contribution in [2.75, 3.05) is 12.0 Å². The van der Waals surface area contributed by atoms with Crippen LogP contribution in [0.5, 0.6) is 5.75 Å². The number of rotatable bonds is 7. The molecule has 0 spiro atoms. The summed E-state index contributed by atoms with van der Waals surface area (Å²) in [6.45, 7) is 2.22. The van der Waals surface area contributed by atoms with Gasteiger partial charge in [-0.3, -0.25) is 14.3 Å². The molecule has 0 aliphatic rings. The van der Waals surface area contributed by atoms with Crippen LogP contribution in [-0.2, 0) is 27.1 Å². The number of ether oxygens (including phenoxy) is 1. The van der Waals surface area contributed by atoms with Crippen molar-refractivity contribution >= 4 is 22.7 Å². The zero-order valence-electron chi connectivity index (χ0n) is 20.0. The number of nitrogens with zero attached hydrogens (tertiary/aromatic N) is 8. The van der Waals surface area contributed by atoms with E-state index in [-0.39, 0.29) is 5.82 Å². The summed E-state index contributed by atoms with van der Waals surface area (Å²) in [7, 11) is 5.26. The van der Waals surface area contributed by atoms with Crippen molar-refractivity contribution in [2.45, 2.75) is 19.9 Å². The fourth-order valence-corrected chi connectivity index (χ4v) is 3.94. The average molecular weight is 473 g/mol. The van der Waals surface area contributed by atoms with E-state index in [2.05, 4.69) is 15.2 Å². The van der Waals surface area contributed by atoms with Gasteiger partial charge in [-0.15, -0.1) is 0 Å². The van der Waals surface area contributed by atoms with Crippen molar-refractivity contribution in [2.24, 2.45) is 14.1 Å². The summed E-state index contributed by atoms with van der Waals surface area (Å²) in [6.07, 6.45) is 7.67. The molecule has 0 unspecified atom stereocenters. The van der Waals surface area contributed by atoms with Crippen molar-refractivity contribution in [3.05, 3.63) is 72.2 Å². The molecular weight excluding hydrogens is 447 g/mol. The summed E-state index contributed by atoms with van der Waals surface area (Å²) in [4.78, 5) is 15.8. The largest absolute Gasteiger partial charge is 0.497 e. The maximum absolute atomic E-state index is 15.6. The van der Waals surface area contributed by atoms with Crippen LogP contribution in [0.3, 0.4) is 0 Å². The Morgan fingerprint density at radius 1 is 1.06 bits per heavy atom. The quantitative estimate of drug-likeness (QED) is 0.351. The Morgan fingerprint density at radius 2 is 1.91 bits per heavy atom. The molecule has 0 saturated heterocycles. The minimum atomic E-state index is -0.318. The summed E-state index contributed by atoms with van der Waals surface area (Å²) < 4.78 is 24.5. The van der Waals surface area contributed by atoms with Gasteiger partial charge in [0.1, 0.15) is 22.9 Å². The minimum absolute atomic E-state index is 0.308. The third-order valence-electron chi connectivity index (χ3n) is 5.77. The Balaban J connectivity index is 1.65. The second-order valence-corrected chi connectivity index (χ2v) is 8.21. The van der Waals surface area contributed by atoms with Gasteiger partial charge in [0.2, 0.25) is 0 Å². The molecule has 0 atom stereocenters. The number of halogens is 1. The monoisotopic (exact) mass is 472 g/mol. The molecule has 0 saturated carbocycles. The molecule has 178 valence electrons. The molecule has 9 nitrogen and oxygen atoms in total. The zero-order valence-corrected chi connectivity index (χ0v) is 20.0. The molecule has 5 aromatic rings. The fourth-order valence-electron chi connectivity index (χ4n) is 3.94. The van der Waals surface area contributed by atoms with Gasteiger partial charge < -0.3 is 9.64 Å². The van der Waals surface area contributed by atoms with Crippen LogP contribution in [0.4, 0.5) is 15.9 Å². The van der Waals surface area contributed by atoms with Gasteiger partial charge in [-0.2, -0.15) is 10.2 Å². The van der Waals surface area contributed by atoms with Gasteiger partial charge in [-0.1, -0.05) is 6.92 Å². The maximum Gasteiger partial charge on any atom is 0.180 e. The molecule has 0 aliphatic carbocycles. The van der Waals surface area contributed by atoms with Crippen molar-refractivity contribution in [1.82, 2.24) is 34.5 Å². The van der Waals surface area contributed by atoms with Crippen LogP contribution in [0, 0.1) is 5.82 Å². The number of aryl methyl sites for hydroxylation is 3. The predicted molar refractivity (Wildman–Crippen MR) is 131 cm³/mol. The molecule has 0 aliphatic heterocycles. The lowest BCUT2D eigenvalue weighted by Crippen LogP contribution is -2.20. The molecular formula is C25H25FN8O. The Bertz CT molecular complexity index is 1510. The first-order valence-corrected chi connectivity index (χ1v) is 11.2. The van der Waals surface area contributed by atoms with Gasteiger partial charge in [0, 0.05) is 38.1 Å². The SMILES string of the molecule is CCc1cc(OC)cc(N(Cc2ccn(C)n2)c2ccc3ncc(-c4cnn(C)c4)nc3n2)c1F. The zero-order chi connectivity index (χ0) is 24.5. The molecule has 0 bridgehead atoms. The third kappa shape index (κ3) is 4.42. The van der Waals surface area contributed by atoms with E-state index in [9.17, 15) is 0 Å². The molecule has 0 fully saturated rings. The van der Waals surface area contributed by atoms with Crippen LogP contribution >= 0.6 is 0 Å². The maximum atomic E-state index is 15.6. The first-order chi connectivity index (χ1) is 16.9.